The lowest BCUT2D eigenvalue weighted by molar-refractivity contribution is -0.184. The van der Waals surface area contributed by atoms with Crippen LogP contribution >= 0.6 is 0 Å². The summed E-state index contributed by atoms with van der Waals surface area (Å²) < 4.78 is 15.0. The minimum absolute atomic E-state index is 0.134. The predicted molar refractivity (Wildman–Crippen MR) is 71.9 cm³/mol. The number of esters is 3. The van der Waals surface area contributed by atoms with E-state index in [-0.39, 0.29) is 25.0 Å². The van der Waals surface area contributed by atoms with E-state index in [4.69, 9.17) is 14.2 Å². The number of fused-ring (bicyclic) bond motifs is 2. The Morgan fingerprint density at radius 1 is 1.10 bits per heavy atom. The molecular weight excluding hydrogens is 276 g/mol. The molecule has 0 aromatic heterocycles. The first kappa shape index (κ1) is 15.5. The van der Waals surface area contributed by atoms with Crippen molar-refractivity contribution in [2.24, 2.45) is 23.2 Å². The molecule has 6 heteroatoms. The zero-order chi connectivity index (χ0) is 15.6. The molecule has 2 rings (SSSR count). The first-order valence-electron chi connectivity index (χ1n) is 7.14. The molecule has 6 nitrogen and oxygen atoms in total. The van der Waals surface area contributed by atoms with Gasteiger partial charge in [0.05, 0.1) is 26.2 Å². The van der Waals surface area contributed by atoms with Gasteiger partial charge in [-0.15, -0.1) is 0 Å². The molecule has 0 N–H and O–H groups in total. The van der Waals surface area contributed by atoms with Gasteiger partial charge in [-0.3, -0.25) is 14.4 Å². The maximum absolute atomic E-state index is 12.5. The molecular formula is C15H20O6. The van der Waals surface area contributed by atoms with Crippen molar-refractivity contribution in [2.75, 3.05) is 20.3 Å². The van der Waals surface area contributed by atoms with Crippen LogP contribution in [-0.4, -0.2) is 38.2 Å². The number of hydrogen-bond donors (Lipinski definition) is 0. The molecule has 0 aliphatic heterocycles. The van der Waals surface area contributed by atoms with Crippen molar-refractivity contribution in [3.63, 3.8) is 0 Å². The molecule has 116 valence electrons. The van der Waals surface area contributed by atoms with Crippen LogP contribution in [0.4, 0.5) is 0 Å². The van der Waals surface area contributed by atoms with E-state index in [1.165, 1.54) is 7.11 Å². The van der Waals surface area contributed by atoms with Gasteiger partial charge in [-0.2, -0.15) is 0 Å². The first-order chi connectivity index (χ1) is 10.0. The SMILES string of the molecule is CCOC(=O)C1(C(=O)OCC)[C@H]2C=C[C@@H](C2)[C@@H]1C(=O)OC. The number of carbonyl (C=O) groups is 3. The van der Waals surface area contributed by atoms with Gasteiger partial charge in [-0.1, -0.05) is 12.2 Å². The standard InChI is InChI=1S/C15H20O6/c1-4-20-13(17)15(14(18)21-5-2)10-7-6-9(8-10)11(15)12(16)19-3/h6-7,9-11H,4-5,8H2,1-3H3/t9-,10-,11+/m0/s1. The maximum Gasteiger partial charge on any atom is 0.325 e. The van der Waals surface area contributed by atoms with Crippen molar-refractivity contribution in [2.45, 2.75) is 20.3 Å². The average molecular weight is 296 g/mol. The second-order valence-corrected chi connectivity index (χ2v) is 5.20. The minimum atomic E-state index is -1.61. The topological polar surface area (TPSA) is 78.9 Å². The summed E-state index contributed by atoms with van der Waals surface area (Å²) in [5.41, 5.74) is -1.61. The summed E-state index contributed by atoms with van der Waals surface area (Å²) >= 11 is 0. The Morgan fingerprint density at radius 3 is 2.14 bits per heavy atom. The average Bonchev–Trinajstić information content (AvgIpc) is 3.06. The Labute approximate surface area is 123 Å². The van der Waals surface area contributed by atoms with Crippen molar-refractivity contribution in [1.29, 1.82) is 0 Å². The van der Waals surface area contributed by atoms with Crippen LogP contribution in [0.1, 0.15) is 20.3 Å². The fourth-order valence-electron chi connectivity index (χ4n) is 3.51. The molecule has 0 saturated heterocycles. The molecule has 2 bridgehead atoms. The normalized spacial score (nSPS) is 28.2. The summed E-state index contributed by atoms with van der Waals surface area (Å²) in [5.74, 6) is -3.43. The van der Waals surface area contributed by atoms with Crippen LogP contribution in [0.5, 0.6) is 0 Å². The number of allylic oxidation sites excluding steroid dienone is 2. The van der Waals surface area contributed by atoms with Crippen molar-refractivity contribution < 1.29 is 28.6 Å². The highest BCUT2D eigenvalue weighted by Gasteiger charge is 2.69. The van der Waals surface area contributed by atoms with E-state index in [9.17, 15) is 14.4 Å². The van der Waals surface area contributed by atoms with Crippen molar-refractivity contribution >= 4 is 17.9 Å². The van der Waals surface area contributed by atoms with Crippen molar-refractivity contribution in [3.8, 4) is 0 Å². The Balaban J connectivity index is 2.51. The number of carbonyl (C=O) groups excluding carboxylic acids is 3. The zero-order valence-electron chi connectivity index (χ0n) is 12.5. The highest BCUT2D eigenvalue weighted by molar-refractivity contribution is 6.05. The van der Waals surface area contributed by atoms with E-state index in [2.05, 4.69) is 0 Å². The second kappa shape index (κ2) is 5.87. The van der Waals surface area contributed by atoms with Crippen LogP contribution < -0.4 is 0 Å². The van der Waals surface area contributed by atoms with E-state index >= 15 is 0 Å². The predicted octanol–water partition coefficient (Wildman–Crippen LogP) is 1.09. The number of methoxy groups -OCH3 is 1. The molecule has 0 spiro atoms. The third-order valence-corrected chi connectivity index (χ3v) is 4.30. The molecule has 0 amide bonds. The Morgan fingerprint density at radius 2 is 1.67 bits per heavy atom. The summed E-state index contributed by atoms with van der Waals surface area (Å²) in [6, 6.07) is 0. The van der Waals surface area contributed by atoms with E-state index in [1.807, 2.05) is 6.08 Å². The van der Waals surface area contributed by atoms with Crippen molar-refractivity contribution in [3.05, 3.63) is 12.2 Å². The van der Waals surface area contributed by atoms with Crippen LogP contribution in [-0.2, 0) is 28.6 Å². The lowest BCUT2D eigenvalue weighted by Gasteiger charge is -2.35. The summed E-state index contributed by atoms with van der Waals surface area (Å²) in [5, 5.41) is 0. The van der Waals surface area contributed by atoms with E-state index < -0.39 is 29.2 Å². The molecule has 1 saturated carbocycles. The summed E-state index contributed by atoms with van der Waals surface area (Å²) in [7, 11) is 1.25. The Hall–Kier alpha value is -1.85. The van der Waals surface area contributed by atoms with Crippen molar-refractivity contribution in [1.82, 2.24) is 0 Å². The third kappa shape index (κ3) is 2.13. The molecule has 0 heterocycles. The van der Waals surface area contributed by atoms with E-state index in [0.717, 1.165) is 0 Å². The fraction of sp³-hybridized carbons (Fsp3) is 0.667. The van der Waals surface area contributed by atoms with Gasteiger partial charge in [0.25, 0.3) is 0 Å². The van der Waals surface area contributed by atoms with Crippen LogP contribution in [0, 0.1) is 23.2 Å². The van der Waals surface area contributed by atoms with Gasteiger partial charge in [0.15, 0.2) is 5.41 Å². The van der Waals surface area contributed by atoms with E-state index in [0.29, 0.717) is 6.42 Å². The molecule has 1 fully saturated rings. The number of ether oxygens (including phenoxy) is 3. The monoisotopic (exact) mass is 296 g/mol. The summed E-state index contributed by atoms with van der Waals surface area (Å²) in [6.45, 7) is 3.59. The molecule has 2 aliphatic rings. The van der Waals surface area contributed by atoms with Gasteiger partial charge in [0.2, 0.25) is 0 Å². The lowest BCUT2D eigenvalue weighted by atomic mass is 9.68. The molecule has 3 atom stereocenters. The summed E-state index contributed by atoms with van der Waals surface area (Å²) in [6.07, 6.45) is 4.22. The molecule has 0 unspecified atom stereocenters. The number of rotatable bonds is 5. The maximum atomic E-state index is 12.5. The van der Waals surface area contributed by atoms with Crippen LogP contribution in [0.25, 0.3) is 0 Å². The molecule has 0 aromatic carbocycles. The molecule has 0 aromatic rings. The molecule has 21 heavy (non-hydrogen) atoms. The molecule has 0 radical (unpaired) electrons. The summed E-state index contributed by atoms with van der Waals surface area (Å²) in [4.78, 5) is 37.2. The first-order valence-corrected chi connectivity index (χ1v) is 7.14. The van der Waals surface area contributed by atoms with Gasteiger partial charge in [-0.05, 0) is 26.2 Å². The van der Waals surface area contributed by atoms with Crippen LogP contribution in [0.3, 0.4) is 0 Å². The smallest absolute Gasteiger partial charge is 0.325 e. The zero-order valence-corrected chi connectivity index (χ0v) is 12.5. The highest BCUT2D eigenvalue weighted by Crippen LogP contribution is 2.58. The van der Waals surface area contributed by atoms with Gasteiger partial charge in [-0.25, -0.2) is 0 Å². The fourth-order valence-corrected chi connectivity index (χ4v) is 3.51. The van der Waals surface area contributed by atoms with Gasteiger partial charge in [0, 0.05) is 5.92 Å². The lowest BCUT2D eigenvalue weighted by Crippen LogP contribution is -2.53. The highest BCUT2D eigenvalue weighted by atomic mass is 16.6. The van der Waals surface area contributed by atoms with Gasteiger partial charge >= 0.3 is 17.9 Å². The van der Waals surface area contributed by atoms with Gasteiger partial charge < -0.3 is 14.2 Å². The second-order valence-electron chi connectivity index (χ2n) is 5.20. The minimum Gasteiger partial charge on any atom is -0.469 e. The van der Waals surface area contributed by atoms with Crippen LogP contribution in [0.2, 0.25) is 0 Å². The Kier molecular flexibility index (Phi) is 4.34. The number of hydrogen-bond acceptors (Lipinski definition) is 6. The van der Waals surface area contributed by atoms with Gasteiger partial charge in [0.1, 0.15) is 0 Å². The largest absolute Gasteiger partial charge is 0.469 e. The van der Waals surface area contributed by atoms with Crippen LogP contribution in [0.15, 0.2) is 12.2 Å². The third-order valence-electron chi connectivity index (χ3n) is 4.30. The molecule has 2 aliphatic carbocycles. The van der Waals surface area contributed by atoms with E-state index in [1.54, 1.807) is 19.9 Å². The quantitative estimate of drug-likeness (QED) is 0.327. The Bertz CT molecular complexity index is 463.